The van der Waals surface area contributed by atoms with Crippen molar-refractivity contribution >= 4 is 48.9 Å². The number of anilines is 2. The van der Waals surface area contributed by atoms with Crippen molar-refractivity contribution in [2.24, 2.45) is 0 Å². The summed E-state index contributed by atoms with van der Waals surface area (Å²) in [4.78, 5) is 25.2. The molecular formula is C25H25N3O5S2. The second kappa shape index (κ2) is 9.93. The minimum absolute atomic E-state index is 0.0638. The van der Waals surface area contributed by atoms with Gasteiger partial charge in [-0.15, -0.1) is 0 Å². The number of thiazole rings is 1. The van der Waals surface area contributed by atoms with Crippen LogP contribution >= 0.6 is 11.3 Å². The maximum Gasteiger partial charge on any atom is 0.308 e. The zero-order valence-electron chi connectivity index (χ0n) is 19.5. The number of amides is 1. The molecular weight excluding hydrogens is 486 g/mol. The van der Waals surface area contributed by atoms with Crippen LogP contribution in [0.2, 0.25) is 0 Å². The van der Waals surface area contributed by atoms with Crippen molar-refractivity contribution in [3.63, 3.8) is 0 Å². The number of sulfonamides is 1. The summed E-state index contributed by atoms with van der Waals surface area (Å²) in [6.07, 6.45) is 0. The van der Waals surface area contributed by atoms with Crippen molar-refractivity contribution in [1.82, 2.24) is 4.57 Å². The third kappa shape index (κ3) is 4.94. The fourth-order valence-corrected chi connectivity index (χ4v) is 6.17. The predicted molar refractivity (Wildman–Crippen MR) is 139 cm³/mol. The van der Waals surface area contributed by atoms with Crippen molar-refractivity contribution in [1.29, 1.82) is 0 Å². The van der Waals surface area contributed by atoms with Gasteiger partial charge >= 0.3 is 4.87 Å². The van der Waals surface area contributed by atoms with Gasteiger partial charge in [0, 0.05) is 12.2 Å². The fraction of sp³-hybridized carbons (Fsp3) is 0.200. The number of nitrogens with zero attached hydrogens (tertiary/aromatic N) is 2. The van der Waals surface area contributed by atoms with Crippen molar-refractivity contribution in [3.8, 4) is 5.75 Å². The molecule has 35 heavy (non-hydrogen) atoms. The van der Waals surface area contributed by atoms with Gasteiger partial charge in [0.25, 0.3) is 10.0 Å². The van der Waals surface area contributed by atoms with E-state index in [0.717, 1.165) is 31.4 Å². The number of aromatic nitrogens is 1. The zero-order valence-corrected chi connectivity index (χ0v) is 21.2. The van der Waals surface area contributed by atoms with Crippen LogP contribution in [0.1, 0.15) is 12.5 Å². The van der Waals surface area contributed by atoms with Gasteiger partial charge in [-0.2, -0.15) is 0 Å². The van der Waals surface area contributed by atoms with Crippen LogP contribution in [0.15, 0.2) is 76.4 Å². The Kier molecular flexibility index (Phi) is 6.95. The first-order valence-corrected chi connectivity index (χ1v) is 13.2. The molecule has 182 valence electrons. The summed E-state index contributed by atoms with van der Waals surface area (Å²) in [5, 5.41) is 2.76. The zero-order chi connectivity index (χ0) is 25.2. The van der Waals surface area contributed by atoms with Crippen LogP contribution < -0.4 is 19.2 Å². The largest absolute Gasteiger partial charge is 0.495 e. The molecule has 0 atom stereocenters. The van der Waals surface area contributed by atoms with Crippen molar-refractivity contribution < 1.29 is 17.9 Å². The highest BCUT2D eigenvalue weighted by Crippen LogP contribution is 2.32. The molecule has 0 unspecified atom stereocenters. The van der Waals surface area contributed by atoms with E-state index in [1.807, 2.05) is 13.8 Å². The Labute approximate surface area is 207 Å². The molecule has 0 aliphatic rings. The highest BCUT2D eigenvalue weighted by Gasteiger charge is 2.29. The number of fused-ring (bicyclic) bond motifs is 1. The number of nitrogens with one attached hydrogen (secondary N) is 1. The molecule has 1 N–H and O–H groups in total. The van der Waals surface area contributed by atoms with E-state index in [2.05, 4.69) is 5.32 Å². The van der Waals surface area contributed by atoms with E-state index >= 15 is 0 Å². The molecule has 0 fully saturated rings. The third-order valence-corrected chi connectivity index (χ3v) is 8.23. The van der Waals surface area contributed by atoms with Crippen LogP contribution in [0.25, 0.3) is 10.2 Å². The molecule has 4 rings (SSSR count). The van der Waals surface area contributed by atoms with Crippen LogP contribution in [0.3, 0.4) is 0 Å². The van der Waals surface area contributed by atoms with E-state index in [4.69, 9.17) is 4.74 Å². The normalized spacial score (nSPS) is 11.4. The maximum absolute atomic E-state index is 13.6. The Morgan fingerprint density at radius 2 is 1.80 bits per heavy atom. The monoisotopic (exact) mass is 511 g/mol. The number of ether oxygens (including phenoxy) is 1. The quantitative estimate of drug-likeness (QED) is 0.382. The summed E-state index contributed by atoms with van der Waals surface area (Å²) in [6, 6.07) is 18.3. The summed E-state index contributed by atoms with van der Waals surface area (Å²) in [5.74, 6) is -0.212. The van der Waals surface area contributed by atoms with Gasteiger partial charge in [-0.05, 0) is 56.3 Å². The summed E-state index contributed by atoms with van der Waals surface area (Å²) in [7, 11) is -2.64. The van der Waals surface area contributed by atoms with Crippen LogP contribution in [0.4, 0.5) is 11.4 Å². The van der Waals surface area contributed by atoms with E-state index in [1.54, 1.807) is 59.2 Å². The molecule has 0 aliphatic heterocycles. The van der Waals surface area contributed by atoms with Gasteiger partial charge in [0.2, 0.25) is 5.91 Å². The Bertz CT molecular complexity index is 1540. The smallest absolute Gasteiger partial charge is 0.308 e. The Hall–Kier alpha value is -3.63. The topological polar surface area (TPSA) is 97.7 Å². The molecule has 8 nitrogen and oxygen atoms in total. The van der Waals surface area contributed by atoms with Gasteiger partial charge in [0.15, 0.2) is 0 Å². The first-order valence-electron chi connectivity index (χ1n) is 10.9. The van der Waals surface area contributed by atoms with Crippen LogP contribution in [-0.2, 0) is 21.4 Å². The van der Waals surface area contributed by atoms with E-state index in [-0.39, 0.29) is 15.5 Å². The molecule has 0 spiro atoms. The molecule has 3 aromatic carbocycles. The lowest BCUT2D eigenvalue weighted by atomic mass is 10.2. The van der Waals surface area contributed by atoms with E-state index in [9.17, 15) is 18.0 Å². The lowest BCUT2D eigenvalue weighted by molar-refractivity contribution is -0.114. The molecule has 1 heterocycles. The highest BCUT2D eigenvalue weighted by atomic mass is 32.2. The molecule has 0 bridgehead atoms. The Morgan fingerprint density at radius 3 is 2.49 bits per heavy atom. The Balaban J connectivity index is 1.68. The molecule has 1 aromatic heterocycles. The van der Waals surface area contributed by atoms with Crippen LogP contribution in [-0.4, -0.2) is 32.5 Å². The number of rotatable bonds is 8. The molecule has 0 saturated heterocycles. The summed E-state index contributed by atoms with van der Waals surface area (Å²) >= 11 is 1.10. The van der Waals surface area contributed by atoms with Crippen molar-refractivity contribution in [3.05, 3.63) is 82.0 Å². The molecule has 4 aromatic rings. The van der Waals surface area contributed by atoms with Crippen LogP contribution in [0, 0.1) is 6.92 Å². The average Bonchev–Trinajstić information content (AvgIpc) is 3.16. The second-order valence-corrected chi connectivity index (χ2v) is 10.7. The minimum Gasteiger partial charge on any atom is -0.495 e. The second-order valence-electron chi connectivity index (χ2n) is 7.84. The van der Waals surface area contributed by atoms with Gasteiger partial charge in [0.1, 0.15) is 12.3 Å². The SMILES string of the molecule is CCn1c(=O)sc2cc(NC(=O)CN(c3ccccc3OC)S(=O)(=O)c3ccc(C)cc3)ccc21. The molecule has 0 saturated carbocycles. The van der Waals surface area contributed by atoms with Gasteiger partial charge in [0.05, 0.1) is 27.9 Å². The predicted octanol–water partition coefficient (Wildman–Crippen LogP) is 4.23. The van der Waals surface area contributed by atoms with Gasteiger partial charge in [-0.25, -0.2) is 8.42 Å². The van der Waals surface area contributed by atoms with Crippen molar-refractivity contribution in [2.75, 3.05) is 23.3 Å². The van der Waals surface area contributed by atoms with Gasteiger partial charge in [-0.1, -0.05) is 41.2 Å². The van der Waals surface area contributed by atoms with E-state index < -0.39 is 22.5 Å². The lowest BCUT2D eigenvalue weighted by Crippen LogP contribution is -2.38. The first kappa shape index (κ1) is 24.5. The summed E-state index contributed by atoms with van der Waals surface area (Å²) in [5.41, 5.74) is 2.43. The standard InChI is InChI=1S/C25H25N3O5S2/c1-4-27-21-14-11-18(15-23(21)34-25(27)30)26-24(29)16-28(20-7-5-6-8-22(20)33-3)35(31,32)19-12-9-17(2)10-13-19/h5-15H,4,16H2,1-3H3,(H,26,29). The van der Waals surface area contributed by atoms with Gasteiger partial charge < -0.3 is 10.1 Å². The number of carbonyl (C=O) groups is 1. The number of benzene rings is 3. The first-order chi connectivity index (χ1) is 16.7. The number of carbonyl (C=O) groups excluding carboxylic acids is 1. The summed E-state index contributed by atoms with van der Waals surface area (Å²) in [6.45, 7) is 3.84. The average molecular weight is 512 g/mol. The van der Waals surface area contributed by atoms with E-state index in [1.165, 1.54) is 19.2 Å². The number of hydrogen-bond donors (Lipinski definition) is 1. The van der Waals surface area contributed by atoms with E-state index in [0.29, 0.717) is 18.0 Å². The number of hydrogen-bond acceptors (Lipinski definition) is 6. The third-order valence-electron chi connectivity index (χ3n) is 5.52. The fourth-order valence-electron chi connectivity index (χ4n) is 3.75. The number of para-hydroxylation sites is 2. The maximum atomic E-state index is 13.6. The molecule has 0 aliphatic carbocycles. The number of aryl methyl sites for hydroxylation is 2. The molecule has 10 heteroatoms. The molecule has 0 radical (unpaired) electrons. The summed E-state index contributed by atoms with van der Waals surface area (Å²) < 4.78 is 36.0. The highest BCUT2D eigenvalue weighted by molar-refractivity contribution is 7.92. The van der Waals surface area contributed by atoms with Crippen LogP contribution in [0.5, 0.6) is 5.75 Å². The lowest BCUT2D eigenvalue weighted by Gasteiger charge is -2.25. The number of methoxy groups -OCH3 is 1. The van der Waals surface area contributed by atoms with Crippen molar-refractivity contribution in [2.45, 2.75) is 25.3 Å². The molecule has 1 amide bonds. The minimum atomic E-state index is -4.08. The van der Waals surface area contributed by atoms with Gasteiger partial charge in [-0.3, -0.25) is 18.5 Å². The Morgan fingerprint density at radius 1 is 1.09 bits per heavy atom.